The third kappa shape index (κ3) is 3.67. The van der Waals surface area contributed by atoms with E-state index >= 15 is 0 Å². The number of nitrogens with zero attached hydrogens (tertiary/aromatic N) is 3. The minimum absolute atomic E-state index is 0.0213. The van der Waals surface area contributed by atoms with Crippen LogP contribution in [0.4, 0.5) is 0 Å². The largest absolute Gasteiger partial charge is 0.306 e. The van der Waals surface area contributed by atoms with Gasteiger partial charge in [0.1, 0.15) is 0 Å². The predicted octanol–water partition coefficient (Wildman–Crippen LogP) is 2.62. The van der Waals surface area contributed by atoms with Crippen LogP contribution in [0, 0.1) is 0 Å². The van der Waals surface area contributed by atoms with Gasteiger partial charge in [0.15, 0.2) is 0 Å². The summed E-state index contributed by atoms with van der Waals surface area (Å²) < 4.78 is 0. The molecule has 108 valence electrons. The predicted molar refractivity (Wildman–Crippen MR) is 81.9 cm³/mol. The van der Waals surface area contributed by atoms with Gasteiger partial charge in [-0.2, -0.15) is 5.10 Å². The molecule has 1 fully saturated rings. The highest BCUT2D eigenvalue weighted by molar-refractivity contribution is 5.95. The number of carbonyl (C=O) groups excluding carboxylic acids is 1. The Morgan fingerprint density at radius 3 is 2.35 bits per heavy atom. The van der Waals surface area contributed by atoms with Crippen molar-refractivity contribution in [3.05, 3.63) is 35.9 Å². The molecule has 0 unspecified atom stereocenters. The van der Waals surface area contributed by atoms with Gasteiger partial charge < -0.3 is 4.90 Å². The van der Waals surface area contributed by atoms with E-state index in [0.29, 0.717) is 5.56 Å². The number of hydrogen-bond donors (Lipinski definition) is 0. The molecule has 4 nitrogen and oxygen atoms in total. The number of benzene rings is 1. The van der Waals surface area contributed by atoms with Gasteiger partial charge in [0.05, 0.1) is 6.04 Å². The Morgan fingerprint density at radius 2 is 1.80 bits per heavy atom. The quantitative estimate of drug-likeness (QED) is 0.794. The van der Waals surface area contributed by atoms with Gasteiger partial charge >= 0.3 is 0 Å². The van der Waals surface area contributed by atoms with Crippen LogP contribution >= 0.6 is 0 Å². The molecule has 1 aliphatic heterocycles. The SMILES string of the molecule is CC(C)N(N=C1CCN(C)CC1)C(=O)c1ccccc1. The fourth-order valence-electron chi connectivity index (χ4n) is 2.24. The van der Waals surface area contributed by atoms with Crippen LogP contribution in [-0.4, -0.2) is 47.7 Å². The van der Waals surface area contributed by atoms with Crippen LogP contribution in [0.15, 0.2) is 35.4 Å². The van der Waals surface area contributed by atoms with Crippen molar-refractivity contribution in [3.63, 3.8) is 0 Å². The summed E-state index contributed by atoms with van der Waals surface area (Å²) in [5.41, 5.74) is 1.82. The highest BCUT2D eigenvalue weighted by Gasteiger charge is 2.20. The summed E-state index contributed by atoms with van der Waals surface area (Å²) in [6, 6.07) is 9.43. The minimum Gasteiger partial charge on any atom is -0.306 e. The van der Waals surface area contributed by atoms with Crippen LogP contribution in [0.5, 0.6) is 0 Å². The Hall–Kier alpha value is -1.68. The average molecular weight is 273 g/mol. The lowest BCUT2D eigenvalue weighted by Crippen LogP contribution is -2.36. The zero-order chi connectivity index (χ0) is 14.5. The van der Waals surface area contributed by atoms with E-state index in [9.17, 15) is 4.79 Å². The van der Waals surface area contributed by atoms with Crippen molar-refractivity contribution < 1.29 is 4.79 Å². The summed E-state index contributed by atoms with van der Waals surface area (Å²) in [5.74, 6) is -0.0213. The first-order valence-corrected chi connectivity index (χ1v) is 7.21. The molecular weight excluding hydrogens is 250 g/mol. The second kappa shape index (κ2) is 6.66. The summed E-state index contributed by atoms with van der Waals surface area (Å²) in [5, 5.41) is 6.24. The molecular formula is C16H23N3O. The van der Waals surface area contributed by atoms with Crippen molar-refractivity contribution in [2.45, 2.75) is 32.7 Å². The number of amides is 1. The number of likely N-dealkylation sites (tertiary alicyclic amines) is 1. The van der Waals surface area contributed by atoms with Crippen LogP contribution in [0.3, 0.4) is 0 Å². The molecule has 0 radical (unpaired) electrons. The Kier molecular flexibility index (Phi) is 4.90. The van der Waals surface area contributed by atoms with E-state index in [1.54, 1.807) is 5.01 Å². The molecule has 0 atom stereocenters. The fourth-order valence-corrected chi connectivity index (χ4v) is 2.24. The van der Waals surface area contributed by atoms with Crippen molar-refractivity contribution >= 4 is 11.6 Å². The molecule has 20 heavy (non-hydrogen) atoms. The van der Waals surface area contributed by atoms with Crippen LogP contribution in [-0.2, 0) is 0 Å². The fraction of sp³-hybridized carbons (Fsp3) is 0.500. The van der Waals surface area contributed by atoms with Gasteiger partial charge in [-0.15, -0.1) is 0 Å². The lowest BCUT2D eigenvalue weighted by Gasteiger charge is -2.27. The topological polar surface area (TPSA) is 35.9 Å². The smallest absolute Gasteiger partial charge is 0.274 e. The number of piperidine rings is 1. The second-order valence-electron chi connectivity index (χ2n) is 5.58. The number of carbonyl (C=O) groups is 1. The van der Waals surface area contributed by atoms with E-state index in [-0.39, 0.29) is 11.9 Å². The van der Waals surface area contributed by atoms with Gasteiger partial charge in [0.25, 0.3) is 5.91 Å². The van der Waals surface area contributed by atoms with E-state index in [2.05, 4.69) is 17.0 Å². The van der Waals surface area contributed by atoms with Gasteiger partial charge in [-0.1, -0.05) is 18.2 Å². The molecule has 0 spiro atoms. The molecule has 1 amide bonds. The van der Waals surface area contributed by atoms with Crippen LogP contribution in [0.2, 0.25) is 0 Å². The summed E-state index contributed by atoms with van der Waals surface area (Å²) in [4.78, 5) is 14.8. The monoisotopic (exact) mass is 273 g/mol. The highest BCUT2D eigenvalue weighted by Crippen LogP contribution is 2.12. The summed E-state index contributed by atoms with van der Waals surface area (Å²) in [6.45, 7) is 6.04. The van der Waals surface area contributed by atoms with Crippen LogP contribution < -0.4 is 0 Å². The molecule has 1 aliphatic rings. The lowest BCUT2D eigenvalue weighted by atomic mass is 10.1. The highest BCUT2D eigenvalue weighted by atomic mass is 16.2. The zero-order valence-electron chi connectivity index (χ0n) is 12.5. The summed E-state index contributed by atoms with van der Waals surface area (Å²) >= 11 is 0. The summed E-state index contributed by atoms with van der Waals surface area (Å²) in [7, 11) is 2.12. The second-order valence-corrected chi connectivity index (χ2v) is 5.58. The Morgan fingerprint density at radius 1 is 1.20 bits per heavy atom. The Bertz CT molecular complexity index is 472. The molecule has 1 aromatic rings. The van der Waals surface area contributed by atoms with Crippen LogP contribution in [0.1, 0.15) is 37.0 Å². The third-order valence-corrected chi connectivity index (χ3v) is 3.53. The molecule has 0 bridgehead atoms. The molecule has 1 heterocycles. The minimum atomic E-state index is -0.0213. The molecule has 1 aromatic carbocycles. The van der Waals surface area contributed by atoms with Gasteiger partial charge in [-0.05, 0) is 33.0 Å². The molecule has 0 aliphatic carbocycles. The maximum absolute atomic E-state index is 12.5. The normalized spacial score (nSPS) is 16.3. The lowest BCUT2D eigenvalue weighted by molar-refractivity contribution is 0.0710. The van der Waals surface area contributed by atoms with Crippen molar-refractivity contribution in [1.29, 1.82) is 0 Å². The van der Waals surface area contributed by atoms with Gasteiger partial charge in [0.2, 0.25) is 0 Å². The van der Waals surface area contributed by atoms with E-state index in [4.69, 9.17) is 0 Å². The van der Waals surface area contributed by atoms with Crippen molar-refractivity contribution in [2.75, 3.05) is 20.1 Å². The van der Waals surface area contributed by atoms with E-state index in [0.717, 1.165) is 31.6 Å². The summed E-state index contributed by atoms with van der Waals surface area (Å²) in [6.07, 6.45) is 1.89. The van der Waals surface area contributed by atoms with Crippen molar-refractivity contribution in [1.82, 2.24) is 9.91 Å². The molecule has 0 saturated carbocycles. The van der Waals surface area contributed by atoms with Crippen LogP contribution in [0.25, 0.3) is 0 Å². The third-order valence-electron chi connectivity index (χ3n) is 3.53. The first kappa shape index (κ1) is 14.7. The molecule has 2 rings (SSSR count). The standard InChI is InChI=1S/C16H23N3O/c1-13(2)19(16(20)14-7-5-4-6-8-14)17-15-9-11-18(3)12-10-15/h4-8,13H,9-12H2,1-3H3. The maximum atomic E-state index is 12.5. The molecule has 1 saturated heterocycles. The first-order valence-electron chi connectivity index (χ1n) is 7.21. The number of rotatable bonds is 3. The van der Waals surface area contributed by atoms with Crippen molar-refractivity contribution in [2.24, 2.45) is 5.10 Å². The maximum Gasteiger partial charge on any atom is 0.274 e. The van der Waals surface area contributed by atoms with E-state index in [1.807, 2.05) is 44.2 Å². The van der Waals surface area contributed by atoms with E-state index < -0.39 is 0 Å². The Labute approximate surface area is 121 Å². The molecule has 0 N–H and O–H groups in total. The molecule has 4 heteroatoms. The Balaban J connectivity index is 2.15. The van der Waals surface area contributed by atoms with E-state index in [1.165, 1.54) is 0 Å². The van der Waals surface area contributed by atoms with Gasteiger partial charge in [-0.3, -0.25) is 4.79 Å². The van der Waals surface area contributed by atoms with Gasteiger partial charge in [-0.25, -0.2) is 5.01 Å². The van der Waals surface area contributed by atoms with Gasteiger partial charge in [0, 0.05) is 37.2 Å². The molecule has 0 aromatic heterocycles. The number of hydrogen-bond acceptors (Lipinski definition) is 3. The average Bonchev–Trinajstić information content (AvgIpc) is 2.46. The number of hydrazone groups is 1. The first-order chi connectivity index (χ1) is 9.58. The van der Waals surface area contributed by atoms with Crippen molar-refractivity contribution in [3.8, 4) is 0 Å². The zero-order valence-corrected chi connectivity index (χ0v) is 12.5.